The van der Waals surface area contributed by atoms with E-state index in [0.717, 1.165) is 17.9 Å². The summed E-state index contributed by atoms with van der Waals surface area (Å²) < 4.78 is 0. The van der Waals surface area contributed by atoms with Gasteiger partial charge in [0.1, 0.15) is 0 Å². The third-order valence-electron chi connectivity index (χ3n) is 5.36. The molecular formula is C17H34N2. The average Bonchev–Trinajstić information content (AvgIpc) is 2.97. The Morgan fingerprint density at radius 2 is 1.63 bits per heavy atom. The van der Waals surface area contributed by atoms with E-state index in [0.29, 0.717) is 0 Å². The van der Waals surface area contributed by atoms with Gasteiger partial charge in [-0.05, 0) is 44.8 Å². The van der Waals surface area contributed by atoms with Crippen molar-refractivity contribution in [1.82, 2.24) is 10.2 Å². The summed E-state index contributed by atoms with van der Waals surface area (Å²) in [6, 6.07) is 0.824. The minimum atomic E-state index is 0.824. The number of unbranched alkanes of at least 4 members (excludes halogenated alkanes) is 7. The highest BCUT2D eigenvalue weighted by Crippen LogP contribution is 2.32. The molecular weight excluding hydrogens is 232 g/mol. The predicted octanol–water partition coefficient (Wildman–Crippen LogP) is 3.67. The lowest BCUT2D eigenvalue weighted by molar-refractivity contribution is 0.234. The topological polar surface area (TPSA) is 15.3 Å². The Bertz CT molecular complexity index is 241. The summed E-state index contributed by atoms with van der Waals surface area (Å²) in [7, 11) is 0. The molecule has 2 heterocycles. The highest BCUT2D eigenvalue weighted by Gasteiger charge is 2.41. The van der Waals surface area contributed by atoms with Gasteiger partial charge in [0, 0.05) is 12.6 Å². The Balaban J connectivity index is 1.48. The van der Waals surface area contributed by atoms with Crippen LogP contribution in [-0.4, -0.2) is 37.1 Å². The Morgan fingerprint density at radius 3 is 2.32 bits per heavy atom. The van der Waals surface area contributed by atoms with Crippen LogP contribution in [0.1, 0.15) is 65.2 Å². The van der Waals surface area contributed by atoms with Crippen molar-refractivity contribution in [2.45, 2.75) is 71.3 Å². The molecule has 2 nitrogen and oxygen atoms in total. The lowest BCUT2D eigenvalue weighted by Crippen LogP contribution is -2.33. The zero-order chi connectivity index (χ0) is 13.5. The molecule has 2 rings (SSSR count). The van der Waals surface area contributed by atoms with Gasteiger partial charge in [0.05, 0.1) is 0 Å². The first-order valence-electron chi connectivity index (χ1n) is 8.77. The van der Waals surface area contributed by atoms with E-state index in [-0.39, 0.29) is 0 Å². The van der Waals surface area contributed by atoms with Crippen molar-refractivity contribution in [2.75, 3.05) is 26.2 Å². The molecule has 1 N–H and O–H groups in total. The summed E-state index contributed by atoms with van der Waals surface area (Å²) in [5.74, 6) is 1.89. The fraction of sp³-hybridized carbons (Fsp3) is 1.00. The second-order valence-electron chi connectivity index (χ2n) is 6.79. The number of fused-ring (bicyclic) bond motifs is 1. The van der Waals surface area contributed by atoms with E-state index in [1.54, 1.807) is 0 Å². The molecule has 0 aromatic heterocycles. The molecule has 112 valence electrons. The molecule has 0 amide bonds. The molecule has 0 aromatic rings. The average molecular weight is 266 g/mol. The highest BCUT2D eigenvalue weighted by molar-refractivity contribution is 4.96. The van der Waals surface area contributed by atoms with Gasteiger partial charge in [-0.2, -0.15) is 0 Å². The normalized spacial score (nSPS) is 30.9. The summed E-state index contributed by atoms with van der Waals surface area (Å²) in [6.07, 6.45) is 11.5. The molecule has 0 saturated carbocycles. The van der Waals surface area contributed by atoms with Gasteiger partial charge in [-0.25, -0.2) is 0 Å². The van der Waals surface area contributed by atoms with Gasteiger partial charge in [-0.3, -0.25) is 4.90 Å². The number of nitrogens with one attached hydrogen (secondary N) is 1. The Kier molecular flexibility index (Phi) is 6.66. The molecule has 0 bridgehead atoms. The summed E-state index contributed by atoms with van der Waals surface area (Å²) in [4.78, 5) is 2.76. The monoisotopic (exact) mass is 266 g/mol. The van der Waals surface area contributed by atoms with E-state index in [1.807, 2.05) is 0 Å². The van der Waals surface area contributed by atoms with Gasteiger partial charge in [0.15, 0.2) is 0 Å². The van der Waals surface area contributed by atoms with Crippen LogP contribution in [0.25, 0.3) is 0 Å². The van der Waals surface area contributed by atoms with Crippen molar-refractivity contribution in [1.29, 1.82) is 0 Å². The van der Waals surface area contributed by atoms with Crippen LogP contribution in [0.3, 0.4) is 0 Å². The quantitative estimate of drug-likeness (QED) is 0.641. The standard InChI is InChI=1S/C17H34N2/c1-3-4-5-6-7-8-9-10-11-19-14-16-12-18-13-17(16)15(19)2/h15-18H,3-14H2,1-2H3. The summed E-state index contributed by atoms with van der Waals surface area (Å²) >= 11 is 0. The largest absolute Gasteiger partial charge is 0.316 e. The van der Waals surface area contributed by atoms with Crippen LogP contribution in [0, 0.1) is 11.8 Å². The van der Waals surface area contributed by atoms with Crippen LogP contribution in [0.5, 0.6) is 0 Å². The first-order chi connectivity index (χ1) is 9.33. The zero-order valence-electron chi connectivity index (χ0n) is 13.2. The molecule has 0 radical (unpaired) electrons. The molecule has 0 spiro atoms. The van der Waals surface area contributed by atoms with Gasteiger partial charge in [0.25, 0.3) is 0 Å². The van der Waals surface area contributed by atoms with Crippen molar-refractivity contribution in [2.24, 2.45) is 11.8 Å². The maximum absolute atomic E-state index is 3.55. The molecule has 19 heavy (non-hydrogen) atoms. The van der Waals surface area contributed by atoms with Crippen LogP contribution in [0.15, 0.2) is 0 Å². The first-order valence-corrected chi connectivity index (χ1v) is 8.77. The van der Waals surface area contributed by atoms with Crippen molar-refractivity contribution < 1.29 is 0 Å². The van der Waals surface area contributed by atoms with E-state index in [1.165, 1.54) is 77.5 Å². The second-order valence-corrected chi connectivity index (χ2v) is 6.79. The molecule has 3 unspecified atom stereocenters. The third kappa shape index (κ3) is 4.46. The number of likely N-dealkylation sites (tertiary alicyclic amines) is 1. The van der Waals surface area contributed by atoms with Gasteiger partial charge in [0.2, 0.25) is 0 Å². The molecule has 3 atom stereocenters. The second kappa shape index (κ2) is 8.26. The molecule has 2 heteroatoms. The number of nitrogens with zero attached hydrogens (tertiary/aromatic N) is 1. The molecule has 2 aliphatic rings. The number of hydrogen-bond acceptors (Lipinski definition) is 2. The lowest BCUT2D eigenvalue weighted by atomic mass is 9.95. The summed E-state index contributed by atoms with van der Waals surface area (Å²) in [5, 5.41) is 3.55. The first kappa shape index (κ1) is 15.3. The maximum atomic E-state index is 3.55. The van der Waals surface area contributed by atoms with Gasteiger partial charge in [-0.1, -0.05) is 51.9 Å². The fourth-order valence-electron chi connectivity index (χ4n) is 4.00. The SMILES string of the molecule is CCCCCCCCCCN1CC2CNCC2C1C. The number of hydrogen-bond donors (Lipinski definition) is 1. The molecule has 2 aliphatic heterocycles. The van der Waals surface area contributed by atoms with Crippen LogP contribution in [0.2, 0.25) is 0 Å². The van der Waals surface area contributed by atoms with E-state index in [4.69, 9.17) is 0 Å². The minimum absolute atomic E-state index is 0.824. The number of rotatable bonds is 9. The predicted molar refractivity (Wildman–Crippen MR) is 83.5 cm³/mol. The van der Waals surface area contributed by atoms with Crippen molar-refractivity contribution in [3.05, 3.63) is 0 Å². The molecule has 0 aliphatic carbocycles. The Labute approximate surface area is 120 Å². The molecule has 0 aromatic carbocycles. The van der Waals surface area contributed by atoms with E-state index in [9.17, 15) is 0 Å². The van der Waals surface area contributed by atoms with E-state index in [2.05, 4.69) is 24.1 Å². The van der Waals surface area contributed by atoms with Crippen molar-refractivity contribution in [3.8, 4) is 0 Å². The van der Waals surface area contributed by atoms with E-state index >= 15 is 0 Å². The van der Waals surface area contributed by atoms with E-state index < -0.39 is 0 Å². The van der Waals surface area contributed by atoms with Crippen molar-refractivity contribution >= 4 is 0 Å². The fourth-order valence-corrected chi connectivity index (χ4v) is 4.00. The summed E-state index contributed by atoms with van der Waals surface area (Å²) in [6.45, 7) is 9.98. The van der Waals surface area contributed by atoms with Gasteiger partial charge in [-0.15, -0.1) is 0 Å². The third-order valence-corrected chi connectivity index (χ3v) is 5.36. The smallest absolute Gasteiger partial charge is 0.0111 e. The van der Waals surface area contributed by atoms with Crippen molar-refractivity contribution in [3.63, 3.8) is 0 Å². The summed E-state index contributed by atoms with van der Waals surface area (Å²) in [5.41, 5.74) is 0. The van der Waals surface area contributed by atoms with Crippen LogP contribution in [0.4, 0.5) is 0 Å². The van der Waals surface area contributed by atoms with Crippen LogP contribution < -0.4 is 5.32 Å². The lowest BCUT2D eigenvalue weighted by Gasteiger charge is -2.24. The molecule has 2 saturated heterocycles. The van der Waals surface area contributed by atoms with Gasteiger partial charge < -0.3 is 5.32 Å². The van der Waals surface area contributed by atoms with Gasteiger partial charge >= 0.3 is 0 Å². The van der Waals surface area contributed by atoms with Crippen LogP contribution >= 0.6 is 0 Å². The maximum Gasteiger partial charge on any atom is 0.0111 e. The van der Waals surface area contributed by atoms with Crippen LogP contribution in [-0.2, 0) is 0 Å². The minimum Gasteiger partial charge on any atom is -0.316 e. The highest BCUT2D eigenvalue weighted by atomic mass is 15.2. The Morgan fingerprint density at radius 1 is 0.947 bits per heavy atom. The Hall–Kier alpha value is -0.0800. The molecule has 2 fully saturated rings. The zero-order valence-corrected chi connectivity index (χ0v) is 13.2.